The highest BCUT2D eigenvalue weighted by Crippen LogP contribution is 2.29. The molecule has 3 N–H and O–H groups in total. The summed E-state index contributed by atoms with van der Waals surface area (Å²) in [6.07, 6.45) is -5.65. The van der Waals surface area contributed by atoms with Crippen molar-refractivity contribution in [1.82, 2.24) is 0 Å². The van der Waals surface area contributed by atoms with Crippen LogP contribution in [0.25, 0.3) is 0 Å². The number of carboxylic acids is 1. The first-order valence-corrected chi connectivity index (χ1v) is 4.46. The summed E-state index contributed by atoms with van der Waals surface area (Å²) in [4.78, 5) is 10.8. The van der Waals surface area contributed by atoms with Gasteiger partial charge in [-0.05, 0) is 11.6 Å². The zero-order valence-electron chi connectivity index (χ0n) is 8.57. The van der Waals surface area contributed by atoms with Crippen molar-refractivity contribution in [3.8, 4) is 0 Å². The predicted octanol–water partition coefficient (Wildman–Crippen LogP) is 2.76. The van der Waals surface area contributed by atoms with Gasteiger partial charge in [-0.3, -0.25) is 0 Å². The number of carbonyl (C=O) groups is 1. The number of aromatic carboxylic acids is 1. The Labute approximate surface area is 102 Å². The number of hydrogen-bond donors (Lipinski definition) is 2. The quantitative estimate of drug-likeness (QED) is 0.887. The Kier molecular flexibility index (Phi) is 5.44. The van der Waals surface area contributed by atoms with E-state index in [0.717, 1.165) is 0 Å². The van der Waals surface area contributed by atoms with Crippen molar-refractivity contribution in [2.24, 2.45) is 5.73 Å². The van der Waals surface area contributed by atoms with Crippen LogP contribution in [0.1, 0.15) is 28.4 Å². The maximum atomic E-state index is 12.1. The molecule has 0 radical (unpaired) electrons. The molecule has 0 bridgehead atoms. The van der Waals surface area contributed by atoms with Gasteiger partial charge in [-0.15, -0.1) is 12.4 Å². The van der Waals surface area contributed by atoms with Gasteiger partial charge in [0.15, 0.2) is 0 Å². The zero-order valence-corrected chi connectivity index (χ0v) is 9.39. The van der Waals surface area contributed by atoms with Crippen LogP contribution in [0.3, 0.4) is 0 Å². The number of carboxylic acid groups (broad SMARTS) is 1. The van der Waals surface area contributed by atoms with Crippen LogP contribution in [0, 0.1) is 0 Å². The van der Waals surface area contributed by atoms with E-state index in [1.807, 2.05) is 0 Å². The van der Waals surface area contributed by atoms with Gasteiger partial charge in [0, 0.05) is 6.04 Å². The number of nitrogens with two attached hydrogens (primary N) is 1. The van der Waals surface area contributed by atoms with Gasteiger partial charge in [-0.2, -0.15) is 13.2 Å². The third kappa shape index (κ3) is 4.62. The molecule has 0 saturated heterocycles. The van der Waals surface area contributed by atoms with E-state index >= 15 is 0 Å². The van der Waals surface area contributed by atoms with E-state index in [1.165, 1.54) is 24.3 Å². The Morgan fingerprint density at radius 1 is 1.35 bits per heavy atom. The van der Waals surface area contributed by atoms with Gasteiger partial charge in [0.05, 0.1) is 12.0 Å². The Bertz CT molecular complexity index is 395. The Morgan fingerprint density at radius 2 is 1.88 bits per heavy atom. The molecule has 0 amide bonds. The summed E-state index contributed by atoms with van der Waals surface area (Å²) in [6.45, 7) is 0. The molecule has 1 rings (SSSR count). The summed E-state index contributed by atoms with van der Waals surface area (Å²) >= 11 is 0. The van der Waals surface area contributed by atoms with Gasteiger partial charge in [-0.1, -0.05) is 18.2 Å². The molecule has 1 aromatic carbocycles. The molecular weight excluding hydrogens is 259 g/mol. The molecule has 1 aromatic rings. The van der Waals surface area contributed by atoms with E-state index in [4.69, 9.17) is 10.8 Å². The fourth-order valence-electron chi connectivity index (χ4n) is 1.37. The second-order valence-corrected chi connectivity index (χ2v) is 3.32. The smallest absolute Gasteiger partial charge is 0.390 e. The van der Waals surface area contributed by atoms with E-state index in [0.29, 0.717) is 0 Å². The standard InChI is InChI=1S/C10H10F3NO2.ClH/c11-10(12,13)5-8(14)6-3-1-2-4-7(6)9(15)16;/h1-4,8H,5,14H2,(H,15,16);1H/t8-;/m1./s1. The maximum Gasteiger partial charge on any atom is 0.390 e. The molecule has 0 aliphatic carbocycles. The van der Waals surface area contributed by atoms with Crippen molar-refractivity contribution in [1.29, 1.82) is 0 Å². The summed E-state index contributed by atoms with van der Waals surface area (Å²) in [7, 11) is 0. The molecule has 17 heavy (non-hydrogen) atoms. The fraction of sp³-hybridized carbons (Fsp3) is 0.300. The molecule has 0 heterocycles. The first kappa shape index (κ1) is 15.7. The van der Waals surface area contributed by atoms with Crippen molar-refractivity contribution >= 4 is 18.4 Å². The zero-order chi connectivity index (χ0) is 12.3. The average molecular weight is 270 g/mol. The highest BCUT2D eigenvalue weighted by Gasteiger charge is 2.32. The van der Waals surface area contributed by atoms with E-state index in [9.17, 15) is 18.0 Å². The van der Waals surface area contributed by atoms with Crippen LogP contribution in [0.4, 0.5) is 13.2 Å². The molecule has 1 atom stereocenters. The second-order valence-electron chi connectivity index (χ2n) is 3.32. The van der Waals surface area contributed by atoms with Gasteiger partial charge < -0.3 is 10.8 Å². The van der Waals surface area contributed by atoms with Crippen LogP contribution in [0.5, 0.6) is 0 Å². The van der Waals surface area contributed by atoms with E-state index in [2.05, 4.69) is 0 Å². The van der Waals surface area contributed by atoms with Crippen LogP contribution in [0.2, 0.25) is 0 Å². The number of alkyl halides is 3. The Hall–Kier alpha value is -1.27. The summed E-state index contributed by atoms with van der Waals surface area (Å²) in [5.41, 5.74) is 5.13. The van der Waals surface area contributed by atoms with Crippen molar-refractivity contribution in [3.05, 3.63) is 35.4 Å². The molecular formula is C10H11ClF3NO2. The highest BCUT2D eigenvalue weighted by molar-refractivity contribution is 5.89. The predicted molar refractivity (Wildman–Crippen MR) is 58.2 cm³/mol. The van der Waals surface area contributed by atoms with Crippen LogP contribution >= 0.6 is 12.4 Å². The lowest BCUT2D eigenvalue weighted by molar-refractivity contribution is -0.138. The van der Waals surface area contributed by atoms with Crippen molar-refractivity contribution < 1.29 is 23.1 Å². The first-order chi connectivity index (χ1) is 7.31. The molecule has 0 aliphatic heterocycles. The normalized spacial score (nSPS) is 12.7. The second kappa shape index (κ2) is 5.88. The Morgan fingerprint density at radius 3 is 2.35 bits per heavy atom. The minimum absolute atomic E-state index is 0. The molecule has 0 aliphatic rings. The molecule has 0 unspecified atom stereocenters. The monoisotopic (exact) mass is 269 g/mol. The van der Waals surface area contributed by atoms with Gasteiger partial charge in [-0.25, -0.2) is 4.79 Å². The summed E-state index contributed by atoms with van der Waals surface area (Å²) < 4.78 is 36.3. The average Bonchev–Trinajstić information content (AvgIpc) is 2.15. The molecule has 7 heteroatoms. The van der Waals surface area contributed by atoms with Crippen LogP contribution in [-0.4, -0.2) is 17.3 Å². The van der Waals surface area contributed by atoms with Crippen molar-refractivity contribution in [3.63, 3.8) is 0 Å². The summed E-state index contributed by atoms with van der Waals surface area (Å²) in [6, 6.07) is 4.06. The van der Waals surface area contributed by atoms with E-state index in [-0.39, 0.29) is 23.5 Å². The maximum absolute atomic E-state index is 12.1. The van der Waals surface area contributed by atoms with Crippen LogP contribution in [-0.2, 0) is 0 Å². The number of hydrogen-bond acceptors (Lipinski definition) is 2. The molecule has 96 valence electrons. The van der Waals surface area contributed by atoms with Crippen molar-refractivity contribution in [2.45, 2.75) is 18.6 Å². The molecule has 3 nitrogen and oxygen atoms in total. The summed E-state index contributed by atoms with van der Waals surface area (Å²) in [5, 5.41) is 8.78. The Balaban J connectivity index is 0.00000256. The lowest BCUT2D eigenvalue weighted by Gasteiger charge is -2.16. The topological polar surface area (TPSA) is 63.3 Å². The number of benzene rings is 1. The molecule has 0 aromatic heterocycles. The summed E-state index contributed by atoms with van der Waals surface area (Å²) in [5.74, 6) is -1.28. The van der Waals surface area contributed by atoms with Gasteiger partial charge >= 0.3 is 12.1 Å². The van der Waals surface area contributed by atoms with Gasteiger partial charge in [0.1, 0.15) is 0 Å². The molecule has 0 fully saturated rings. The fourth-order valence-corrected chi connectivity index (χ4v) is 1.37. The minimum atomic E-state index is -4.41. The number of rotatable bonds is 3. The lowest BCUT2D eigenvalue weighted by Crippen LogP contribution is -2.22. The number of halogens is 4. The van der Waals surface area contributed by atoms with E-state index in [1.54, 1.807) is 0 Å². The van der Waals surface area contributed by atoms with E-state index < -0.39 is 24.6 Å². The van der Waals surface area contributed by atoms with Gasteiger partial charge in [0.25, 0.3) is 0 Å². The minimum Gasteiger partial charge on any atom is -0.478 e. The molecule has 0 spiro atoms. The third-order valence-corrected chi connectivity index (χ3v) is 2.04. The third-order valence-electron chi connectivity index (χ3n) is 2.04. The van der Waals surface area contributed by atoms with Crippen molar-refractivity contribution in [2.75, 3.05) is 0 Å². The highest BCUT2D eigenvalue weighted by atomic mass is 35.5. The largest absolute Gasteiger partial charge is 0.478 e. The lowest BCUT2D eigenvalue weighted by atomic mass is 9.98. The molecule has 0 saturated carbocycles. The first-order valence-electron chi connectivity index (χ1n) is 4.46. The SMILES string of the molecule is Cl.N[C@H](CC(F)(F)F)c1ccccc1C(=O)O. The van der Waals surface area contributed by atoms with Crippen LogP contribution < -0.4 is 5.73 Å². The van der Waals surface area contributed by atoms with Crippen LogP contribution in [0.15, 0.2) is 24.3 Å². The van der Waals surface area contributed by atoms with Gasteiger partial charge in [0.2, 0.25) is 0 Å².